The summed E-state index contributed by atoms with van der Waals surface area (Å²) in [7, 11) is 1.38. The highest BCUT2D eigenvalue weighted by Crippen LogP contribution is 2.26. The number of fused-ring (bicyclic) bond motifs is 14. The van der Waals surface area contributed by atoms with E-state index in [1.165, 1.54) is 20.0 Å². The third-order valence-corrected chi connectivity index (χ3v) is 4.08. The van der Waals surface area contributed by atoms with Gasteiger partial charge in [0.1, 0.15) is 17.1 Å². The lowest BCUT2D eigenvalue weighted by Gasteiger charge is -2.13. The zero-order chi connectivity index (χ0) is 17.0. The lowest BCUT2D eigenvalue weighted by molar-refractivity contribution is 0.0595. The quantitative estimate of drug-likeness (QED) is 0.541. The van der Waals surface area contributed by atoms with Gasteiger partial charge in [-0.1, -0.05) is 12.2 Å². The zero-order valence-electron chi connectivity index (χ0n) is 14.6. The van der Waals surface area contributed by atoms with Gasteiger partial charge >= 0.3 is 5.97 Å². The molecule has 0 fully saturated rings. The van der Waals surface area contributed by atoms with Crippen molar-refractivity contribution in [2.24, 2.45) is 0 Å². The van der Waals surface area contributed by atoms with E-state index in [2.05, 4.69) is 12.2 Å². The molecule has 0 radical (unpaired) electrons. The molecule has 132 valence electrons. The van der Waals surface area contributed by atoms with Crippen LogP contribution in [0.5, 0.6) is 11.5 Å². The Morgan fingerprint density at radius 1 is 0.917 bits per heavy atom. The van der Waals surface area contributed by atoms with Gasteiger partial charge in [0.25, 0.3) is 0 Å². The number of methoxy groups -OCH3 is 1. The van der Waals surface area contributed by atoms with Crippen LogP contribution in [-0.2, 0) is 4.74 Å². The molecule has 0 saturated carbocycles. The number of carbonyl (C=O) groups is 1. The van der Waals surface area contributed by atoms with Crippen molar-refractivity contribution < 1.29 is 19.0 Å². The van der Waals surface area contributed by atoms with Gasteiger partial charge < -0.3 is 14.2 Å². The number of esters is 1. The fourth-order valence-corrected chi connectivity index (χ4v) is 2.68. The lowest BCUT2D eigenvalue weighted by atomic mass is 10.1. The number of allylic oxidation sites excluding steroid dienone is 2. The van der Waals surface area contributed by atoms with Crippen LogP contribution in [0, 0.1) is 0 Å². The zero-order valence-corrected chi connectivity index (χ0v) is 14.6. The standard InChI is InChI=1S/C20H28O4/c1-22-20(21)18-16-17-12-13-19(18)24-15-11-9-7-5-3-2-4-6-8-10-14-23-17/h2-3,12-13,16H,4-11,14-15H2,1H3/b3-2+. The Labute approximate surface area is 144 Å². The molecule has 2 aliphatic rings. The van der Waals surface area contributed by atoms with Crippen LogP contribution < -0.4 is 9.47 Å². The second-order valence-corrected chi connectivity index (χ2v) is 6.02. The Kier molecular flexibility index (Phi) is 8.22. The van der Waals surface area contributed by atoms with Gasteiger partial charge in [-0.25, -0.2) is 4.79 Å². The van der Waals surface area contributed by atoms with Crippen LogP contribution in [0.15, 0.2) is 30.4 Å². The number of rotatable bonds is 1. The maximum absolute atomic E-state index is 12.0. The molecule has 0 spiro atoms. The predicted octanol–water partition coefficient (Wildman–Crippen LogP) is 4.92. The number of hydrogen-bond acceptors (Lipinski definition) is 4. The van der Waals surface area contributed by atoms with E-state index in [9.17, 15) is 4.79 Å². The number of ether oxygens (including phenoxy) is 3. The fraction of sp³-hybridized carbons (Fsp3) is 0.550. The van der Waals surface area contributed by atoms with Crippen molar-refractivity contribution in [2.75, 3.05) is 20.3 Å². The second kappa shape index (κ2) is 10.7. The van der Waals surface area contributed by atoms with Crippen molar-refractivity contribution in [1.82, 2.24) is 0 Å². The summed E-state index contributed by atoms with van der Waals surface area (Å²) < 4.78 is 16.4. The highest BCUT2D eigenvalue weighted by atomic mass is 16.5. The topological polar surface area (TPSA) is 44.8 Å². The smallest absolute Gasteiger partial charge is 0.341 e. The van der Waals surface area contributed by atoms with E-state index in [1.54, 1.807) is 12.1 Å². The summed E-state index contributed by atoms with van der Waals surface area (Å²) in [5, 5.41) is 0. The van der Waals surface area contributed by atoms with Crippen LogP contribution in [-0.4, -0.2) is 26.3 Å². The molecule has 3 rings (SSSR count). The van der Waals surface area contributed by atoms with E-state index >= 15 is 0 Å². The first-order chi connectivity index (χ1) is 11.8. The molecule has 4 nitrogen and oxygen atoms in total. The Morgan fingerprint density at radius 3 is 2.25 bits per heavy atom. The minimum absolute atomic E-state index is 0.394. The lowest BCUT2D eigenvalue weighted by Crippen LogP contribution is -2.08. The van der Waals surface area contributed by atoms with Crippen molar-refractivity contribution in [2.45, 2.75) is 51.4 Å². The molecule has 2 aliphatic heterocycles. The maximum atomic E-state index is 12.0. The Bertz CT molecular complexity index is 536. The molecule has 4 heteroatoms. The van der Waals surface area contributed by atoms with Crippen molar-refractivity contribution >= 4 is 5.97 Å². The summed E-state index contributed by atoms with van der Waals surface area (Å²) in [6, 6.07) is 5.37. The molecule has 0 aliphatic carbocycles. The van der Waals surface area contributed by atoms with E-state index in [1.807, 2.05) is 6.07 Å². The Balaban J connectivity index is 2.04. The number of hydrogen-bond donors (Lipinski definition) is 0. The Hall–Kier alpha value is -1.97. The van der Waals surface area contributed by atoms with Crippen molar-refractivity contribution in [3.05, 3.63) is 35.9 Å². The average molecular weight is 332 g/mol. The minimum atomic E-state index is -0.394. The Morgan fingerprint density at radius 2 is 1.58 bits per heavy atom. The third-order valence-electron chi connectivity index (χ3n) is 4.08. The molecule has 0 atom stereocenters. The van der Waals surface area contributed by atoms with Crippen LogP contribution in [0.2, 0.25) is 0 Å². The fourth-order valence-electron chi connectivity index (χ4n) is 2.68. The van der Waals surface area contributed by atoms with Gasteiger partial charge in [0.2, 0.25) is 0 Å². The van der Waals surface area contributed by atoms with E-state index in [0.717, 1.165) is 38.5 Å². The molecule has 0 aromatic heterocycles. The first-order valence-electron chi connectivity index (χ1n) is 8.94. The molecule has 0 unspecified atom stereocenters. The van der Waals surface area contributed by atoms with Gasteiger partial charge in [0.15, 0.2) is 0 Å². The SMILES string of the molecule is COC(=O)c1cc2ccc1OCCCCC/C=C/CCCCCO2. The average Bonchev–Trinajstić information content (AvgIpc) is 2.61. The van der Waals surface area contributed by atoms with Crippen LogP contribution in [0.1, 0.15) is 61.7 Å². The van der Waals surface area contributed by atoms with Crippen LogP contribution in [0.3, 0.4) is 0 Å². The summed E-state index contributed by atoms with van der Waals surface area (Å²) in [4.78, 5) is 12.0. The first kappa shape index (κ1) is 18.4. The molecular formula is C20H28O4. The largest absolute Gasteiger partial charge is 0.494 e. The summed E-state index contributed by atoms with van der Waals surface area (Å²) in [5.41, 5.74) is 0.430. The van der Waals surface area contributed by atoms with Gasteiger partial charge in [-0.05, 0) is 69.6 Å². The van der Waals surface area contributed by atoms with Crippen LogP contribution in [0.4, 0.5) is 0 Å². The van der Waals surface area contributed by atoms with Crippen molar-refractivity contribution in [3.8, 4) is 11.5 Å². The molecule has 0 amide bonds. The second-order valence-electron chi connectivity index (χ2n) is 6.02. The normalized spacial score (nSPS) is 18.5. The van der Waals surface area contributed by atoms with Crippen molar-refractivity contribution in [3.63, 3.8) is 0 Å². The highest BCUT2D eigenvalue weighted by Gasteiger charge is 2.14. The van der Waals surface area contributed by atoms with E-state index in [0.29, 0.717) is 30.3 Å². The monoisotopic (exact) mass is 332 g/mol. The maximum Gasteiger partial charge on any atom is 0.341 e. The van der Waals surface area contributed by atoms with E-state index in [4.69, 9.17) is 14.2 Å². The van der Waals surface area contributed by atoms with Crippen LogP contribution >= 0.6 is 0 Å². The summed E-state index contributed by atoms with van der Waals surface area (Å²) in [6.45, 7) is 1.26. The molecule has 0 N–H and O–H groups in total. The van der Waals surface area contributed by atoms with Crippen molar-refractivity contribution in [1.29, 1.82) is 0 Å². The molecule has 1 aromatic rings. The van der Waals surface area contributed by atoms with Gasteiger partial charge in [0.05, 0.1) is 20.3 Å². The third kappa shape index (κ3) is 6.26. The summed E-state index contributed by atoms with van der Waals surface area (Å²) in [5.74, 6) is 0.856. The molecule has 24 heavy (non-hydrogen) atoms. The number of carbonyl (C=O) groups excluding carboxylic acids is 1. The highest BCUT2D eigenvalue weighted by molar-refractivity contribution is 5.92. The van der Waals surface area contributed by atoms with Gasteiger partial charge in [-0.15, -0.1) is 0 Å². The first-order valence-corrected chi connectivity index (χ1v) is 8.94. The minimum Gasteiger partial charge on any atom is -0.494 e. The van der Waals surface area contributed by atoms with Gasteiger partial charge in [-0.3, -0.25) is 0 Å². The predicted molar refractivity (Wildman–Crippen MR) is 94.8 cm³/mol. The molecular weight excluding hydrogens is 304 g/mol. The van der Waals surface area contributed by atoms with Gasteiger partial charge in [-0.2, -0.15) is 0 Å². The van der Waals surface area contributed by atoms with Gasteiger partial charge in [0, 0.05) is 0 Å². The molecule has 1 aromatic carbocycles. The summed E-state index contributed by atoms with van der Waals surface area (Å²) in [6.07, 6.45) is 13.5. The number of benzene rings is 1. The molecule has 2 heterocycles. The molecule has 0 saturated heterocycles. The van der Waals surface area contributed by atoms with Crippen LogP contribution in [0.25, 0.3) is 0 Å². The summed E-state index contributed by atoms with van der Waals surface area (Å²) >= 11 is 0. The van der Waals surface area contributed by atoms with E-state index in [-0.39, 0.29) is 0 Å². The molecule has 2 bridgehead atoms. The van der Waals surface area contributed by atoms with E-state index < -0.39 is 5.97 Å².